The van der Waals surface area contributed by atoms with Crippen LogP contribution in [0.15, 0.2) is 60.2 Å². The standard InChI is InChI=1S/C21H21IO/c1-16(2)14-21(3,22)20-9-5-7-18(13-20)11-10-17-6-4-8-19(12-17)15-23/h4-15H,1-3H3/b11-10+. The van der Waals surface area contributed by atoms with E-state index < -0.39 is 0 Å². The van der Waals surface area contributed by atoms with E-state index >= 15 is 0 Å². The molecule has 1 atom stereocenters. The molecule has 0 amide bonds. The number of benzene rings is 2. The quantitative estimate of drug-likeness (QED) is 0.184. The Hall–Kier alpha value is -1.68. The number of hydrogen-bond donors (Lipinski definition) is 0. The Kier molecular flexibility index (Phi) is 5.94. The molecule has 0 aliphatic heterocycles. The van der Waals surface area contributed by atoms with Crippen LogP contribution in [0.25, 0.3) is 12.2 Å². The fourth-order valence-corrected chi connectivity index (χ4v) is 3.46. The third-order valence-corrected chi connectivity index (χ3v) is 4.46. The molecule has 0 radical (unpaired) electrons. The van der Waals surface area contributed by atoms with E-state index in [-0.39, 0.29) is 3.42 Å². The Morgan fingerprint density at radius 1 is 0.957 bits per heavy atom. The molecular formula is C21H21IO. The lowest BCUT2D eigenvalue weighted by molar-refractivity contribution is 0.112. The van der Waals surface area contributed by atoms with Crippen LogP contribution in [-0.4, -0.2) is 6.29 Å². The maximum absolute atomic E-state index is 10.8. The molecule has 1 nitrogen and oxygen atoms in total. The number of hydrogen-bond acceptors (Lipinski definition) is 1. The van der Waals surface area contributed by atoms with E-state index in [2.05, 4.69) is 79.8 Å². The van der Waals surface area contributed by atoms with Crippen LogP contribution in [0.2, 0.25) is 0 Å². The van der Waals surface area contributed by atoms with Gasteiger partial charge in [0.2, 0.25) is 0 Å². The average molecular weight is 416 g/mol. The predicted molar refractivity (Wildman–Crippen MR) is 108 cm³/mol. The molecule has 2 rings (SSSR count). The monoisotopic (exact) mass is 416 g/mol. The van der Waals surface area contributed by atoms with E-state index in [1.807, 2.05) is 30.3 Å². The lowest BCUT2D eigenvalue weighted by Crippen LogP contribution is -2.09. The number of rotatable bonds is 5. The van der Waals surface area contributed by atoms with Crippen molar-refractivity contribution in [2.24, 2.45) is 0 Å². The highest BCUT2D eigenvalue weighted by molar-refractivity contribution is 14.1. The van der Waals surface area contributed by atoms with Gasteiger partial charge in [-0.2, -0.15) is 0 Å². The van der Waals surface area contributed by atoms with Crippen LogP contribution in [0, 0.1) is 0 Å². The third kappa shape index (κ3) is 5.17. The maximum Gasteiger partial charge on any atom is 0.150 e. The summed E-state index contributed by atoms with van der Waals surface area (Å²) in [6, 6.07) is 16.2. The number of alkyl halides is 1. The summed E-state index contributed by atoms with van der Waals surface area (Å²) in [5.74, 6) is 0. The number of carbonyl (C=O) groups is 1. The van der Waals surface area contributed by atoms with Crippen molar-refractivity contribution in [1.82, 2.24) is 0 Å². The summed E-state index contributed by atoms with van der Waals surface area (Å²) in [5.41, 5.74) is 5.48. The van der Waals surface area contributed by atoms with Crippen molar-refractivity contribution in [1.29, 1.82) is 0 Å². The predicted octanol–water partition coefficient (Wildman–Crippen LogP) is 6.29. The van der Waals surface area contributed by atoms with Crippen LogP contribution >= 0.6 is 22.6 Å². The molecule has 0 aromatic heterocycles. The summed E-state index contributed by atoms with van der Waals surface area (Å²) >= 11 is 2.48. The van der Waals surface area contributed by atoms with E-state index in [0.717, 1.165) is 17.4 Å². The fraction of sp³-hybridized carbons (Fsp3) is 0.190. The summed E-state index contributed by atoms with van der Waals surface area (Å²) < 4.78 is -0.0160. The zero-order chi connectivity index (χ0) is 16.9. The first kappa shape index (κ1) is 17.7. The topological polar surface area (TPSA) is 17.1 Å². The van der Waals surface area contributed by atoms with Crippen molar-refractivity contribution < 1.29 is 4.79 Å². The van der Waals surface area contributed by atoms with E-state index in [1.165, 1.54) is 11.1 Å². The zero-order valence-electron chi connectivity index (χ0n) is 13.7. The SMILES string of the molecule is CC(C)=CC(C)(I)c1cccc(/C=C/c2cccc(C=O)c2)c1. The average Bonchev–Trinajstić information content (AvgIpc) is 2.52. The molecule has 2 aromatic rings. The molecule has 2 aromatic carbocycles. The highest BCUT2D eigenvalue weighted by atomic mass is 127. The minimum absolute atomic E-state index is 0.0160. The highest BCUT2D eigenvalue weighted by Gasteiger charge is 2.19. The number of allylic oxidation sites excluding steroid dienone is 2. The Balaban J connectivity index is 2.28. The van der Waals surface area contributed by atoms with Crippen molar-refractivity contribution in [2.45, 2.75) is 24.2 Å². The van der Waals surface area contributed by atoms with Crippen molar-refractivity contribution in [3.63, 3.8) is 0 Å². The van der Waals surface area contributed by atoms with Gasteiger partial charge in [0.1, 0.15) is 6.29 Å². The largest absolute Gasteiger partial charge is 0.298 e. The second-order valence-electron chi connectivity index (χ2n) is 6.04. The van der Waals surface area contributed by atoms with Gasteiger partial charge in [0.25, 0.3) is 0 Å². The van der Waals surface area contributed by atoms with Crippen LogP contribution < -0.4 is 0 Å². The third-order valence-electron chi connectivity index (χ3n) is 3.53. The number of halogens is 1. The molecule has 0 saturated heterocycles. The van der Waals surface area contributed by atoms with Gasteiger partial charge in [-0.05, 0) is 43.5 Å². The summed E-state index contributed by atoms with van der Waals surface area (Å²) in [6.07, 6.45) is 7.28. The molecule has 118 valence electrons. The second-order valence-corrected chi connectivity index (χ2v) is 8.28. The van der Waals surface area contributed by atoms with Gasteiger partial charge in [-0.25, -0.2) is 0 Å². The van der Waals surface area contributed by atoms with Gasteiger partial charge in [0, 0.05) is 5.56 Å². The van der Waals surface area contributed by atoms with Gasteiger partial charge in [0.05, 0.1) is 3.42 Å². The van der Waals surface area contributed by atoms with Gasteiger partial charge in [-0.1, -0.05) is 88.9 Å². The van der Waals surface area contributed by atoms with Crippen molar-refractivity contribution >= 4 is 41.0 Å². The van der Waals surface area contributed by atoms with E-state index in [9.17, 15) is 4.79 Å². The molecule has 2 heteroatoms. The molecule has 23 heavy (non-hydrogen) atoms. The molecule has 0 fully saturated rings. The lowest BCUT2D eigenvalue weighted by Gasteiger charge is -2.20. The molecule has 0 heterocycles. The smallest absolute Gasteiger partial charge is 0.150 e. The first-order valence-electron chi connectivity index (χ1n) is 7.59. The summed E-state index contributed by atoms with van der Waals surface area (Å²) in [5, 5.41) is 0. The molecular weight excluding hydrogens is 395 g/mol. The Bertz CT molecular complexity index is 750. The number of aldehydes is 1. The van der Waals surface area contributed by atoms with E-state index in [4.69, 9.17) is 0 Å². The van der Waals surface area contributed by atoms with Gasteiger partial charge in [0.15, 0.2) is 0 Å². The Morgan fingerprint density at radius 3 is 2.13 bits per heavy atom. The van der Waals surface area contributed by atoms with Crippen LogP contribution in [0.4, 0.5) is 0 Å². The van der Waals surface area contributed by atoms with E-state index in [1.54, 1.807) is 0 Å². The highest BCUT2D eigenvalue weighted by Crippen LogP contribution is 2.34. The molecule has 0 aliphatic carbocycles. The molecule has 0 aliphatic rings. The minimum atomic E-state index is -0.0160. The first-order valence-corrected chi connectivity index (χ1v) is 8.67. The molecule has 0 spiro atoms. The minimum Gasteiger partial charge on any atom is -0.298 e. The number of carbonyl (C=O) groups excluding carboxylic acids is 1. The van der Waals surface area contributed by atoms with Gasteiger partial charge in [-0.15, -0.1) is 0 Å². The summed E-state index contributed by atoms with van der Waals surface area (Å²) in [6.45, 7) is 6.47. The van der Waals surface area contributed by atoms with Crippen molar-refractivity contribution in [3.05, 3.63) is 82.4 Å². The molecule has 0 saturated carbocycles. The van der Waals surface area contributed by atoms with Crippen molar-refractivity contribution in [2.75, 3.05) is 0 Å². The molecule has 0 N–H and O–H groups in total. The first-order chi connectivity index (χ1) is 10.9. The summed E-state index contributed by atoms with van der Waals surface area (Å²) in [7, 11) is 0. The maximum atomic E-state index is 10.8. The second kappa shape index (κ2) is 7.73. The van der Waals surface area contributed by atoms with Gasteiger partial charge < -0.3 is 0 Å². The van der Waals surface area contributed by atoms with Gasteiger partial charge >= 0.3 is 0 Å². The molecule has 1 unspecified atom stereocenters. The Morgan fingerprint density at radius 2 is 1.52 bits per heavy atom. The van der Waals surface area contributed by atoms with Crippen LogP contribution in [-0.2, 0) is 3.42 Å². The summed E-state index contributed by atoms with van der Waals surface area (Å²) in [4.78, 5) is 10.8. The zero-order valence-corrected chi connectivity index (χ0v) is 15.9. The van der Waals surface area contributed by atoms with E-state index in [0.29, 0.717) is 5.56 Å². The van der Waals surface area contributed by atoms with Crippen molar-refractivity contribution in [3.8, 4) is 0 Å². The van der Waals surface area contributed by atoms with Gasteiger partial charge in [-0.3, -0.25) is 4.79 Å². The van der Waals surface area contributed by atoms with Crippen LogP contribution in [0.1, 0.15) is 47.8 Å². The normalized spacial score (nSPS) is 13.6. The fourth-order valence-electron chi connectivity index (χ4n) is 2.50. The van der Waals surface area contributed by atoms with Crippen LogP contribution in [0.5, 0.6) is 0 Å². The molecule has 0 bridgehead atoms. The van der Waals surface area contributed by atoms with Crippen LogP contribution in [0.3, 0.4) is 0 Å². The lowest BCUT2D eigenvalue weighted by atomic mass is 9.96. The Labute approximate surface area is 152 Å².